The quantitative estimate of drug-likeness (QED) is 0.761. The summed E-state index contributed by atoms with van der Waals surface area (Å²) in [7, 11) is 2.99. The van der Waals surface area contributed by atoms with Gasteiger partial charge in [0.25, 0.3) is 5.91 Å². The fraction of sp³-hybridized carbons (Fsp3) is 0.474. The van der Waals surface area contributed by atoms with E-state index in [2.05, 4.69) is 15.7 Å². The van der Waals surface area contributed by atoms with E-state index in [9.17, 15) is 18.0 Å². The molecule has 0 saturated carbocycles. The predicted octanol–water partition coefficient (Wildman–Crippen LogP) is 3.32. The average molecular weight is 412 g/mol. The summed E-state index contributed by atoms with van der Waals surface area (Å²) < 4.78 is 52.2. The van der Waals surface area contributed by atoms with E-state index in [0.29, 0.717) is 11.3 Å². The van der Waals surface area contributed by atoms with E-state index in [4.69, 9.17) is 9.47 Å². The normalized spacial score (nSPS) is 19.8. The van der Waals surface area contributed by atoms with Crippen LogP contribution in [0.5, 0.6) is 5.75 Å². The largest absolute Gasteiger partial charge is 0.497 e. The van der Waals surface area contributed by atoms with E-state index in [1.165, 1.54) is 14.2 Å². The Kier molecular flexibility index (Phi) is 6.02. The molecule has 0 bridgehead atoms. The molecular formula is C19H23F3N4O3. The van der Waals surface area contributed by atoms with Crippen LogP contribution < -0.4 is 15.4 Å². The number of fused-ring (bicyclic) bond motifs is 1. The van der Waals surface area contributed by atoms with Crippen LogP contribution in [0.2, 0.25) is 0 Å². The maximum atomic E-state index is 13.7. The number of aromatic nitrogens is 2. The molecule has 158 valence electrons. The minimum Gasteiger partial charge on any atom is -0.497 e. The number of nitrogens with one attached hydrogen (secondary N) is 2. The SMILES string of the molecule is COC[C@H](C)NC(=O)c1cnn2c1N[C@@H](c1cccc(OC)c1)C[C@H]2C(F)(F)F. The van der Waals surface area contributed by atoms with Gasteiger partial charge >= 0.3 is 6.18 Å². The van der Waals surface area contributed by atoms with Crippen molar-refractivity contribution in [3.05, 3.63) is 41.6 Å². The summed E-state index contributed by atoms with van der Waals surface area (Å²) >= 11 is 0. The summed E-state index contributed by atoms with van der Waals surface area (Å²) in [5.41, 5.74) is 0.681. The second kappa shape index (κ2) is 8.32. The van der Waals surface area contributed by atoms with Gasteiger partial charge in [-0.2, -0.15) is 18.3 Å². The summed E-state index contributed by atoms with van der Waals surface area (Å²) in [5.74, 6) is 0.0577. The van der Waals surface area contributed by atoms with Crippen LogP contribution in [-0.2, 0) is 4.74 Å². The number of amides is 1. The Balaban J connectivity index is 1.96. The maximum Gasteiger partial charge on any atom is 0.410 e. The maximum absolute atomic E-state index is 13.7. The van der Waals surface area contributed by atoms with Gasteiger partial charge in [-0.25, -0.2) is 4.68 Å². The number of alkyl halides is 3. The van der Waals surface area contributed by atoms with Crippen LogP contribution in [-0.4, -0.2) is 48.7 Å². The number of hydrogen-bond acceptors (Lipinski definition) is 5. The lowest BCUT2D eigenvalue weighted by Crippen LogP contribution is -2.38. The molecule has 1 aliphatic rings. The number of halogens is 3. The van der Waals surface area contributed by atoms with E-state index >= 15 is 0 Å². The Bertz CT molecular complexity index is 869. The van der Waals surface area contributed by atoms with E-state index in [1.54, 1.807) is 31.2 Å². The molecule has 1 aromatic carbocycles. The van der Waals surface area contributed by atoms with Crippen molar-refractivity contribution in [3.63, 3.8) is 0 Å². The number of carbonyl (C=O) groups is 1. The van der Waals surface area contributed by atoms with Gasteiger partial charge in [-0.3, -0.25) is 4.79 Å². The molecule has 0 unspecified atom stereocenters. The molecular weight excluding hydrogens is 389 g/mol. The van der Waals surface area contributed by atoms with E-state index < -0.39 is 24.2 Å². The summed E-state index contributed by atoms with van der Waals surface area (Å²) in [6.45, 7) is 2.02. The highest BCUT2D eigenvalue weighted by atomic mass is 19.4. The topological polar surface area (TPSA) is 77.4 Å². The van der Waals surface area contributed by atoms with Crippen molar-refractivity contribution in [3.8, 4) is 5.75 Å². The Morgan fingerprint density at radius 3 is 2.83 bits per heavy atom. The third-order valence-electron chi connectivity index (χ3n) is 4.77. The molecule has 2 heterocycles. The highest BCUT2D eigenvalue weighted by molar-refractivity contribution is 5.99. The minimum absolute atomic E-state index is 0.0357. The number of anilines is 1. The van der Waals surface area contributed by atoms with Crippen molar-refractivity contribution in [2.24, 2.45) is 0 Å². The van der Waals surface area contributed by atoms with E-state index in [-0.39, 0.29) is 30.5 Å². The molecule has 2 aromatic rings. The average Bonchev–Trinajstić information content (AvgIpc) is 3.10. The zero-order chi connectivity index (χ0) is 21.2. The second-order valence-corrected chi connectivity index (χ2v) is 6.95. The fourth-order valence-corrected chi connectivity index (χ4v) is 3.40. The molecule has 10 heteroatoms. The van der Waals surface area contributed by atoms with Gasteiger partial charge < -0.3 is 20.1 Å². The monoisotopic (exact) mass is 412 g/mol. The molecule has 0 saturated heterocycles. The van der Waals surface area contributed by atoms with Crippen LogP contribution >= 0.6 is 0 Å². The van der Waals surface area contributed by atoms with Gasteiger partial charge in [0.2, 0.25) is 0 Å². The third-order valence-corrected chi connectivity index (χ3v) is 4.77. The summed E-state index contributed by atoms with van der Waals surface area (Å²) in [4.78, 5) is 12.6. The van der Waals surface area contributed by atoms with Crippen molar-refractivity contribution in [1.29, 1.82) is 0 Å². The first-order valence-electron chi connectivity index (χ1n) is 9.09. The lowest BCUT2D eigenvalue weighted by molar-refractivity contribution is -0.173. The first-order valence-corrected chi connectivity index (χ1v) is 9.09. The van der Waals surface area contributed by atoms with Crippen LogP contribution in [0.3, 0.4) is 0 Å². The molecule has 29 heavy (non-hydrogen) atoms. The number of benzene rings is 1. The summed E-state index contributed by atoms with van der Waals surface area (Å²) in [5, 5.41) is 9.61. The lowest BCUT2D eigenvalue weighted by Gasteiger charge is -2.34. The van der Waals surface area contributed by atoms with Crippen molar-refractivity contribution in [1.82, 2.24) is 15.1 Å². The molecule has 7 nitrogen and oxygen atoms in total. The Hall–Kier alpha value is -2.75. The zero-order valence-corrected chi connectivity index (χ0v) is 16.3. The summed E-state index contributed by atoms with van der Waals surface area (Å²) in [6.07, 6.45) is -3.62. The van der Waals surface area contributed by atoms with Gasteiger partial charge in [0.15, 0.2) is 6.04 Å². The number of nitrogens with zero attached hydrogens (tertiary/aromatic N) is 2. The van der Waals surface area contributed by atoms with Gasteiger partial charge in [-0.1, -0.05) is 12.1 Å². The van der Waals surface area contributed by atoms with Gasteiger partial charge in [-0.15, -0.1) is 0 Å². The molecule has 1 aliphatic heterocycles. The molecule has 3 rings (SSSR count). The number of hydrogen-bond donors (Lipinski definition) is 2. The molecule has 0 spiro atoms. The lowest BCUT2D eigenvalue weighted by atomic mass is 9.96. The third kappa shape index (κ3) is 4.47. The fourth-order valence-electron chi connectivity index (χ4n) is 3.40. The van der Waals surface area contributed by atoms with Crippen LogP contribution in [0.25, 0.3) is 0 Å². The molecule has 1 amide bonds. The Morgan fingerprint density at radius 1 is 1.41 bits per heavy atom. The molecule has 2 N–H and O–H groups in total. The molecule has 0 fully saturated rings. The Morgan fingerprint density at radius 2 is 2.17 bits per heavy atom. The first-order chi connectivity index (χ1) is 13.7. The highest BCUT2D eigenvalue weighted by Gasteiger charge is 2.47. The van der Waals surface area contributed by atoms with Crippen LogP contribution in [0.1, 0.15) is 41.3 Å². The summed E-state index contributed by atoms with van der Waals surface area (Å²) in [6, 6.07) is 4.01. The van der Waals surface area contributed by atoms with Crippen molar-refractivity contribution in [2.45, 2.75) is 37.6 Å². The standard InChI is InChI=1S/C19H23F3N4O3/c1-11(10-28-2)24-18(27)14-9-23-26-16(19(20,21)22)8-15(25-17(14)26)12-5-4-6-13(7-12)29-3/h4-7,9,11,15-16,25H,8,10H2,1-3H3,(H,24,27)/t11-,15+,16-/m0/s1. The second-order valence-electron chi connectivity index (χ2n) is 6.95. The number of ether oxygens (including phenoxy) is 2. The molecule has 1 aromatic heterocycles. The van der Waals surface area contributed by atoms with Crippen LogP contribution in [0.15, 0.2) is 30.5 Å². The zero-order valence-electron chi connectivity index (χ0n) is 16.3. The first kappa shape index (κ1) is 21.0. The van der Waals surface area contributed by atoms with Gasteiger partial charge in [-0.05, 0) is 24.6 Å². The predicted molar refractivity (Wildman–Crippen MR) is 100 cm³/mol. The number of rotatable bonds is 6. The molecule has 0 radical (unpaired) electrons. The Labute approximate surface area is 166 Å². The van der Waals surface area contributed by atoms with Crippen molar-refractivity contribution in [2.75, 3.05) is 26.1 Å². The van der Waals surface area contributed by atoms with Crippen molar-refractivity contribution < 1.29 is 27.4 Å². The van der Waals surface area contributed by atoms with Crippen molar-refractivity contribution >= 4 is 11.7 Å². The van der Waals surface area contributed by atoms with E-state index in [0.717, 1.165) is 10.9 Å². The van der Waals surface area contributed by atoms with Gasteiger partial charge in [0, 0.05) is 19.6 Å². The smallest absolute Gasteiger partial charge is 0.410 e. The van der Waals surface area contributed by atoms with E-state index in [1.807, 2.05) is 0 Å². The van der Waals surface area contributed by atoms with Gasteiger partial charge in [0.1, 0.15) is 17.1 Å². The molecule has 3 atom stereocenters. The molecule has 0 aliphatic carbocycles. The number of carbonyl (C=O) groups excluding carboxylic acids is 1. The number of methoxy groups -OCH3 is 2. The minimum atomic E-state index is -4.52. The highest BCUT2D eigenvalue weighted by Crippen LogP contribution is 2.44. The van der Waals surface area contributed by atoms with Gasteiger partial charge in [0.05, 0.1) is 26.0 Å². The van der Waals surface area contributed by atoms with Crippen LogP contribution in [0, 0.1) is 0 Å². The van der Waals surface area contributed by atoms with Crippen LogP contribution in [0.4, 0.5) is 19.0 Å².